The molecule has 3 nitrogen and oxygen atoms in total. The molecule has 3 heteroatoms. The van der Waals surface area contributed by atoms with Crippen LogP contribution in [0.3, 0.4) is 0 Å². The Labute approximate surface area is 109 Å². The van der Waals surface area contributed by atoms with Gasteiger partial charge in [-0.3, -0.25) is 4.79 Å². The van der Waals surface area contributed by atoms with Crippen molar-refractivity contribution >= 4 is 11.6 Å². The summed E-state index contributed by atoms with van der Waals surface area (Å²) in [5.41, 5.74) is 3.46. The summed E-state index contributed by atoms with van der Waals surface area (Å²) in [6.07, 6.45) is 2.02. The van der Waals surface area contributed by atoms with Crippen LogP contribution in [0.4, 0.5) is 5.69 Å². The summed E-state index contributed by atoms with van der Waals surface area (Å²) < 4.78 is 0. The molecule has 1 fully saturated rings. The van der Waals surface area contributed by atoms with Crippen molar-refractivity contribution in [3.8, 4) is 0 Å². The third kappa shape index (κ3) is 2.41. The molecule has 2 rings (SSSR count). The van der Waals surface area contributed by atoms with E-state index in [9.17, 15) is 4.79 Å². The SMILES string of the molecule is CCNC1CCCN(c2c(C)cccc2C)C1=O. The second-order valence-corrected chi connectivity index (χ2v) is 4.98. The fourth-order valence-corrected chi connectivity index (χ4v) is 2.76. The van der Waals surface area contributed by atoms with Crippen LogP contribution in [0.15, 0.2) is 18.2 Å². The summed E-state index contributed by atoms with van der Waals surface area (Å²) in [4.78, 5) is 14.4. The van der Waals surface area contributed by atoms with Gasteiger partial charge in [0.05, 0.1) is 6.04 Å². The molecule has 1 atom stereocenters. The normalized spacial score (nSPS) is 20.3. The molecule has 18 heavy (non-hydrogen) atoms. The number of likely N-dealkylation sites (N-methyl/N-ethyl adjacent to an activating group) is 1. The third-order valence-corrected chi connectivity index (χ3v) is 3.60. The Bertz CT molecular complexity index is 420. The van der Waals surface area contributed by atoms with Crippen LogP contribution < -0.4 is 10.2 Å². The van der Waals surface area contributed by atoms with Gasteiger partial charge in [0.1, 0.15) is 0 Å². The van der Waals surface area contributed by atoms with E-state index in [1.165, 1.54) is 11.1 Å². The Kier molecular flexibility index (Phi) is 4.02. The number of hydrogen-bond acceptors (Lipinski definition) is 2. The van der Waals surface area contributed by atoms with E-state index in [1.807, 2.05) is 17.9 Å². The van der Waals surface area contributed by atoms with E-state index in [1.54, 1.807) is 0 Å². The van der Waals surface area contributed by atoms with Crippen LogP contribution in [0.5, 0.6) is 0 Å². The van der Waals surface area contributed by atoms with Gasteiger partial charge < -0.3 is 10.2 Å². The number of nitrogens with one attached hydrogen (secondary N) is 1. The fraction of sp³-hybridized carbons (Fsp3) is 0.533. The van der Waals surface area contributed by atoms with Crippen molar-refractivity contribution in [2.75, 3.05) is 18.0 Å². The first-order valence-corrected chi connectivity index (χ1v) is 6.76. The first-order valence-electron chi connectivity index (χ1n) is 6.76. The third-order valence-electron chi connectivity index (χ3n) is 3.60. The Morgan fingerprint density at radius 3 is 2.61 bits per heavy atom. The zero-order valence-corrected chi connectivity index (χ0v) is 11.5. The van der Waals surface area contributed by atoms with Crippen LogP contribution in [0.2, 0.25) is 0 Å². The first kappa shape index (κ1) is 13.1. The van der Waals surface area contributed by atoms with Crippen LogP contribution in [0.25, 0.3) is 0 Å². The molecule has 1 heterocycles. The molecule has 0 spiro atoms. The van der Waals surface area contributed by atoms with E-state index in [-0.39, 0.29) is 11.9 Å². The maximum Gasteiger partial charge on any atom is 0.244 e. The lowest BCUT2D eigenvalue weighted by Crippen LogP contribution is -2.51. The van der Waals surface area contributed by atoms with Crippen molar-refractivity contribution in [3.63, 3.8) is 0 Å². The Morgan fingerprint density at radius 2 is 2.00 bits per heavy atom. The molecule has 1 unspecified atom stereocenters. The number of nitrogens with zero attached hydrogens (tertiary/aromatic N) is 1. The molecule has 0 saturated carbocycles. The minimum atomic E-state index is -0.0113. The Balaban J connectivity index is 2.29. The topological polar surface area (TPSA) is 32.3 Å². The number of amides is 1. The van der Waals surface area contributed by atoms with E-state index in [4.69, 9.17) is 0 Å². The summed E-state index contributed by atoms with van der Waals surface area (Å²) in [7, 11) is 0. The van der Waals surface area contributed by atoms with Crippen LogP contribution in [0.1, 0.15) is 30.9 Å². The number of carbonyl (C=O) groups excluding carboxylic acids is 1. The van der Waals surface area contributed by atoms with E-state index < -0.39 is 0 Å². The molecule has 1 aromatic rings. The maximum atomic E-state index is 12.5. The molecule has 0 aromatic heterocycles. The number of carbonyl (C=O) groups is 1. The smallest absolute Gasteiger partial charge is 0.244 e. The molecule has 0 bridgehead atoms. The van der Waals surface area contributed by atoms with Gasteiger partial charge >= 0.3 is 0 Å². The minimum Gasteiger partial charge on any atom is -0.311 e. The lowest BCUT2D eigenvalue weighted by Gasteiger charge is -2.34. The number of anilines is 1. The van der Waals surface area contributed by atoms with Crippen molar-refractivity contribution in [2.24, 2.45) is 0 Å². The molecule has 1 amide bonds. The molecule has 98 valence electrons. The second kappa shape index (κ2) is 5.53. The first-order chi connectivity index (χ1) is 8.65. The average molecular weight is 246 g/mol. The largest absolute Gasteiger partial charge is 0.311 e. The lowest BCUT2D eigenvalue weighted by atomic mass is 10.0. The number of para-hydroxylation sites is 1. The molecular weight excluding hydrogens is 224 g/mol. The van der Waals surface area contributed by atoms with Crippen LogP contribution in [0, 0.1) is 13.8 Å². The zero-order chi connectivity index (χ0) is 13.1. The highest BCUT2D eigenvalue weighted by atomic mass is 16.2. The average Bonchev–Trinajstić information content (AvgIpc) is 2.33. The predicted molar refractivity (Wildman–Crippen MR) is 75.0 cm³/mol. The van der Waals surface area contributed by atoms with Crippen molar-refractivity contribution in [2.45, 2.75) is 39.7 Å². The van der Waals surface area contributed by atoms with E-state index >= 15 is 0 Å². The number of piperidine rings is 1. The Hall–Kier alpha value is -1.35. The molecule has 1 aromatic carbocycles. The minimum absolute atomic E-state index is 0.0113. The van der Waals surface area contributed by atoms with Crippen molar-refractivity contribution < 1.29 is 4.79 Å². The molecule has 1 aliphatic rings. The van der Waals surface area contributed by atoms with Crippen LogP contribution >= 0.6 is 0 Å². The molecule has 1 saturated heterocycles. The van der Waals surface area contributed by atoms with Gasteiger partial charge in [-0.25, -0.2) is 0 Å². The van der Waals surface area contributed by atoms with Gasteiger partial charge in [0.25, 0.3) is 0 Å². The van der Waals surface area contributed by atoms with Crippen molar-refractivity contribution in [1.29, 1.82) is 0 Å². The summed E-state index contributed by atoms with van der Waals surface area (Å²) in [6, 6.07) is 6.19. The van der Waals surface area contributed by atoms with E-state index in [0.29, 0.717) is 0 Å². The molecule has 0 aliphatic carbocycles. The van der Waals surface area contributed by atoms with Gasteiger partial charge in [0.15, 0.2) is 0 Å². The van der Waals surface area contributed by atoms with Crippen LogP contribution in [-0.2, 0) is 4.79 Å². The molecule has 0 radical (unpaired) electrons. The van der Waals surface area contributed by atoms with Gasteiger partial charge in [0.2, 0.25) is 5.91 Å². The van der Waals surface area contributed by atoms with Crippen molar-refractivity contribution in [1.82, 2.24) is 5.32 Å². The predicted octanol–water partition coefficient (Wildman–Crippen LogP) is 2.41. The monoisotopic (exact) mass is 246 g/mol. The van der Waals surface area contributed by atoms with Gasteiger partial charge in [-0.1, -0.05) is 25.1 Å². The number of benzene rings is 1. The van der Waals surface area contributed by atoms with E-state index in [0.717, 1.165) is 31.6 Å². The maximum absolute atomic E-state index is 12.5. The quantitative estimate of drug-likeness (QED) is 0.888. The van der Waals surface area contributed by atoms with Gasteiger partial charge in [-0.2, -0.15) is 0 Å². The Morgan fingerprint density at radius 1 is 1.33 bits per heavy atom. The van der Waals surface area contributed by atoms with Crippen molar-refractivity contribution in [3.05, 3.63) is 29.3 Å². The van der Waals surface area contributed by atoms with Gasteiger partial charge in [-0.15, -0.1) is 0 Å². The van der Waals surface area contributed by atoms with E-state index in [2.05, 4.69) is 31.3 Å². The highest BCUT2D eigenvalue weighted by molar-refractivity contribution is 5.99. The highest BCUT2D eigenvalue weighted by Crippen LogP contribution is 2.28. The molecule has 1 aliphatic heterocycles. The van der Waals surface area contributed by atoms with Gasteiger partial charge in [-0.05, 0) is 44.4 Å². The fourth-order valence-electron chi connectivity index (χ4n) is 2.76. The standard InChI is InChI=1S/C15H22N2O/c1-4-16-13-9-6-10-17(15(13)18)14-11(2)7-5-8-12(14)3/h5,7-8,13,16H,4,6,9-10H2,1-3H3. The lowest BCUT2D eigenvalue weighted by molar-refractivity contribution is -0.121. The number of hydrogen-bond donors (Lipinski definition) is 1. The van der Waals surface area contributed by atoms with Crippen LogP contribution in [-0.4, -0.2) is 25.0 Å². The number of rotatable bonds is 3. The molecular formula is C15H22N2O. The summed E-state index contributed by atoms with van der Waals surface area (Å²) >= 11 is 0. The highest BCUT2D eigenvalue weighted by Gasteiger charge is 2.30. The van der Waals surface area contributed by atoms with Gasteiger partial charge in [0, 0.05) is 12.2 Å². The molecule has 1 N–H and O–H groups in total. The summed E-state index contributed by atoms with van der Waals surface area (Å²) in [6.45, 7) is 7.88. The second-order valence-electron chi connectivity index (χ2n) is 4.98. The summed E-state index contributed by atoms with van der Waals surface area (Å²) in [5, 5.41) is 3.28. The number of aryl methyl sites for hydroxylation is 2. The summed E-state index contributed by atoms with van der Waals surface area (Å²) in [5.74, 6) is 0.223. The zero-order valence-electron chi connectivity index (χ0n) is 11.5.